The Morgan fingerprint density at radius 3 is 2.48 bits per heavy atom. The van der Waals surface area contributed by atoms with Crippen molar-refractivity contribution in [2.75, 3.05) is 13.2 Å². The Morgan fingerprint density at radius 2 is 1.92 bits per heavy atom. The van der Waals surface area contributed by atoms with Gasteiger partial charge in [0, 0.05) is 19.3 Å². The smallest absolute Gasteiger partial charge is 0.311 e. The average molecular weight is 343 g/mol. The maximum atomic E-state index is 12.5. The van der Waals surface area contributed by atoms with Gasteiger partial charge in [0.05, 0.1) is 23.8 Å². The first-order chi connectivity index (χ1) is 11.9. The predicted octanol–water partition coefficient (Wildman–Crippen LogP) is 2.19. The summed E-state index contributed by atoms with van der Waals surface area (Å²) in [6, 6.07) is 9.71. The molecule has 6 nitrogen and oxygen atoms in total. The number of ether oxygens (including phenoxy) is 1. The van der Waals surface area contributed by atoms with Gasteiger partial charge < -0.3 is 10.1 Å². The number of esters is 1. The maximum absolute atomic E-state index is 12.5. The molecule has 1 heterocycles. The lowest BCUT2D eigenvalue weighted by Crippen LogP contribution is -2.35. The van der Waals surface area contributed by atoms with E-state index in [1.165, 1.54) is 0 Å². The van der Waals surface area contributed by atoms with Gasteiger partial charge in [-0.25, -0.2) is 0 Å². The zero-order valence-electron chi connectivity index (χ0n) is 15.2. The van der Waals surface area contributed by atoms with Gasteiger partial charge in [-0.3, -0.25) is 14.3 Å². The SMILES string of the molecule is CCOC(=O)[C@H](CNC(=O)c1c(C)nn(C)c1C)Cc1ccccc1. The van der Waals surface area contributed by atoms with E-state index in [2.05, 4.69) is 10.4 Å². The third-order valence-corrected chi connectivity index (χ3v) is 4.19. The van der Waals surface area contributed by atoms with Crippen LogP contribution in [-0.4, -0.2) is 34.8 Å². The molecule has 1 amide bonds. The number of rotatable bonds is 7. The fourth-order valence-electron chi connectivity index (χ4n) is 2.80. The normalized spacial score (nSPS) is 11.8. The van der Waals surface area contributed by atoms with Gasteiger partial charge in [-0.05, 0) is 32.8 Å². The summed E-state index contributed by atoms with van der Waals surface area (Å²) in [5.41, 5.74) is 3.06. The minimum atomic E-state index is -0.427. The number of hydrogen-bond donors (Lipinski definition) is 1. The molecule has 6 heteroatoms. The van der Waals surface area contributed by atoms with E-state index in [0.717, 1.165) is 11.3 Å². The van der Waals surface area contributed by atoms with Crippen molar-refractivity contribution in [3.05, 3.63) is 52.8 Å². The van der Waals surface area contributed by atoms with Gasteiger partial charge in [0.25, 0.3) is 5.91 Å². The quantitative estimate of drug-likeness (QED) is 0.782. The highest BCUT2D eigenvalue weighted by atomic mass is 16.5. The van der Waals surface area contributed by atoms with Crippen LogP contribution in [0.25, 0.3) is 0 Å². The first kappa shape index (κ1) is 18.7. The molecule has 1 aromatic carbocycles. The van der Waals surface area contributed by atoms with Gasteiger partial charge in [-0.2, -0.15) is 5.10 Å². The molecule has 0 bridgehead atoms. The molecule has 2 aromatic rings. The molecule has 0 aliphatic heterocycles. The Labute approximate surface area is 148 Å². The monoisotopic (exact) mass is 343 g/mol. The minimum absolute atomic E-state index is 0.217. The van der Waals surface area contributed by atoms with Crippen LogP contribution in [0.4, 0.5) is 0 Å². The first-order valence-corrected chi connectivity index (χ1v) is 8.43. The van der Waals surface area contributed by atoms with Crippen LogP contribution in [0.3, 0.4) is 0 Å². The molecular weight excluding hydrogens is 318 g/mol. The Hall–Kier alpha value is -2.63. The van der Waals surface area contributed by atoms with Crippen LogP contribution in [0.5, 0.6) is 0 Å². The number of carbonyl (C=O) groups is 2. The summed E-state index contributed by atoms with van der Waals surface area (Å²) in [5.74, 6) is -0.944. The van der Waals surface area contributed by atoms with Gasteiger partial charge in [-0.1, -0.05) is 30.3 Å². The fraction of sp³-hybridized carbons (Fsp3) is 0.421. The van der Waals surface area contributed by atoms with Crippen LogP contribution in [0.15, 0.2) is 30.3 Å². The largest absolute Gasteiger partial charge is 0.466 e. The third-order valence-electron chi connectivity index (χ3n) is 4.19. The molecule has 0 fully saturated rings. The fourth-order valence-corrected chi connectivity index (χ4v) is 2.80. The number of aryl methyl sites for hydroxylation is 2. The third kappa shape index (κ3) is 4.68. The van der Waals surface area contributed by atoms with Crippen molar-refractivity contribution in [2.24, 2.45) is 13.0 Å². The number of benzene rings is 1. The Balaban J connectivity index is 2.08. The van der Waals surface area contributed by atoms with Crippen LogP contribution in [-0.2, 0) is 23.0 Å². The van der Waals surface area contributed by atoms with Gasteiger partial charge in [0.1, 0.15) is 0 Å². The molecule has 0 saturated heterocycles. The van der Waals surface area contributed by atoms with Crippen molar-refractivity contribution in [1.82, 2.24) is 15.1 Å². The highest BCUT2D eigenvalue weighted by Crippen LogP contribution is 2.13. The van der Waals surface area contributed by atoms with Crippen molar-refractivity contribution < 1.29 is 14.3 Å². The van der Waals surface area contributed by atoms with Gasteiger partial charge in [-0.15, -0.1) is 0 Å². The van der Waals surface area contributed by atoms with Crippen LogP contribution < -0.4 is 5.32 Å². The van der Waals surface area contributed by atoms with E-state index in [-0.39, 0.29) is 18.4 Å². The van der Waals surface area contributed by atoms with Gasteiger partial charge in [0.15, 0.2) is 0 Å². The van der Waals surface area contributed by atoms with Crippen LogP contribution in [0.2, 0.25) is 0 Å². The number of aromatic nitrogens is 2. The summed E-state index contributed by atoms with van der Waals surface area (Å²) in [4.78, 5) is 24.8. The molecule has 0 spiro atoms. The zero-order chi connectivity index (χ0) is 18.4. The Bertz CT molecular complexity index is 738. The number of amides is 1. The summed E-state index contributed by atoms with van der Waals surface area (Å²) in [6.45, 7) is 5.97. The summed E-state index contributed by atoms with van der Waals surface area (Å²) in [6.07, 6.45) is 0.519. The summed E-state index contributed by atoms with van der Waals surface area (Å²) in [5, 5.41) is 7.12. The van der Waals surface area contributed by atoms with E-state index >= 15 is 0 Å². The van der Waals surface area contributed by atoms with E-state index in [0.29, 0.717) is 24.3 Å². The second-order valence-corrected chi connectivity index (χ2v) is 6.02. The van der Waals surface area contributed by atoms with E-state index in [1.807, 2.05) is 37.3 Å². The molecule has 0 aliphatic rings. The average Bonchev–Trinajstić information content (AvgIpc) is 2.84. The Morgan fingerprint density at radius 1 is 1.24 bits per heavy atom. The van der Waals surface area contributed by atoms with Crippen molar-refractivity contribution in [2.45, 2.75) is 27.2 Å². The van der Waals surface area contributed by atoms with Crippen LogP contribution in [0.1, 0.15) is 34.2 Å². The lowest BCUT2D eigenvalue weighted by atomic mass is 9.99. The second-order valence-electron chi connectivity index (χ2n) is 6.02. The molecule has 1 atom stereocenters. The standard InChI is InChI=1S/C19H25N3O3/c1-5-25-19(24)16(11-15-9-7-6-8-10-15)12-20-18(23)17-13(2)21-22(4)14(17)3/h6-10,16H,5,11-12H2,1-4H3,(H,20,23)/t16-/m0/s1. The van der Waals surface area contributed by atoms with E-state index in [9.17, 15) is 9.59 Å². The highest BCUT2D eigenvalue weighted by molar-refractivity contribution is 5.96. The van der Waals surface area contributed by atoms with Gasteiger partial charge in [0.2, 0.25) is 0 Å². The first-order valence-electron chi connectivity index (χ1n) is 8.43. The van der Waals surface area contributed by atoms with Crippen LogP contribution >= 0.6 is 0 Å². The van der Waals surface area contributed by atoms with Crippen molar-refractivity contribution in [1.29, 1.82) is 0 Å². The van der Waals surface area contributed by atoms with E-state index in [1.54, 1.807) is 25.6 Å². The summed E-state index contributed by atoms with van der Waals surface area (Å²) < 4.78 is 6.84. The molecule has 25 heavy (non-hydrogen) atoms. The molecule has 0 unspecified atom stereocenters. The van der Waals surface area contributed by atoms with E-state index in [4.69, 9.17) is 4.74 Å². The topological polar surface area (TPSA) is 73.2 Å². The number of hydrogen-bond acceptors (Lipinski definition) is 4. The zero-order valence-corrected chi connectivity index (χ0v) is 15.2. The Kier molecular flexibility index (Phi) is 6.33. The molecule has 0 saturated carbocycles. The summed E-state index contributed by atoms with van der Waals surface area (Å²) in [7, 11) is 1.80. The van der Waals surface area contributed by atoms with Crippen LogP contribution in [0, 0.1) is 19.8 Å². The van der Waals surface area contributed by atoms with Crippen molar-refractivity contribution >= 4 is 11.9 Å². The highest BCUT2D eigenvalue weighted by Gasteiger charge is 2.23. The number of nitrogens with zero attached hydrogens (tertiary/aromatic N) is 2. The molecular formula is C19H25N3O3. The molecule has 0 aliphatic carbocycles. The number of carbonyl (C=O) groups excluding carboxylic acids is 2. The van der Waals surface area contributed by atoms with Crippen molar-refractivity contribution in [3.63, 3.8) is 0 Å². The van der Waals surface area contributed by atoms with Crippen molar-refractivity contribution in [3.8, 4) is 0 Å². The maximum Gasteiger partial charge on any atom is 0.311 e. The molecule has 1 N–H and O–H groups in total. The lowest BCUT2D eigenvalue weighted by Gasteiger charge is -2.16. The van der Waals surface area contributed by atoms with Gasteiger partial charge >= 0.3 is 5.97 Å². The molecule has 2 rings (SSSR count). The minimum Gasteiger partial charge on any atom is -0.466 e. The molecule has 1 aromatic heterocycles. The summed E-state index contributed by atoms with van der Waals surface area (Å²) >= 11 is 0. The molecule has 0 radical (unpaired) electrons. The number of nitrogens with one attached hydrogen (secondary N) is 1. The van der Waals surface area contributed by atoms with E-state index < -0.39 is 5.92 Å². The second kappa shape index (κ2) is 8.46. The predicted molar refractivity (Wildman–Crippen MR) is 95.3 cm³/mol. The lowest BCUT2D eigenvalue weighted by molar-refractivity contribution is -0.147. The molecule has 134 valence electrons.